The quantitative estimate of drug-likeness (QED) is 0.138. The van der Waals surface area contributed by atoms with Crippen molar-refractivity contribution in [3.63, 3.8) is 0 Å². The van der Waals surface area contributed by atoms with Crippen LogP contribution >= 0.6 is 23.2 Å². The lowest BCUT2D eigenvalue weighted by molar-refractivity contribution is -0.123. The molecular weight excluding hydrogens is 531 g/mol. The number of rotatable bonds is 13. The average molecular weight is 573 g/mol. The summed E-state index contributed by atoms with van der Waals surface area (Å²) in [5.41, 5.74) is 5.67. The molecule has 4 atom stereocenters. The Morgan fingerprint density at radius 3 is 2.61 bits per heavy atom. The Bertz CT molecular complexity index is 1040. The van der Waals surface area contributed by atoms with Crippen LogP contribution in [0.15, 0.2) is 54.4 Å². The van der Waals surface area contributed by atoms with Gasteiger partial charge in [-0.1, -0.05) is 70.2 Å². The van der Waals surface area contributed by atoms with Crippen LogP contribution in [0.3, 0.4) is 0 Å². The number of halogens is 4. The SMILES string of the molecule is C=C/C=C\C(=C(\F)CCl)[C@H]1[C@H](C(=O)NCCCCO)N[C@@H](CC(C)(C)C(C)C)[C@]1(N)c1ccc(Cl)cc1F. The molecule has 1 aromatic carbocycles. The number of aliphatic hydroxyl groups is 1. The molecule has 1 aliphatic rings. The zero-order valence-corrected chi connectivity index (χ0v) is 24.2. The van der Waals surface area contributed by atoms with Crippen molar-refractivity contribution >= 4 is 29.1 Å². The minimum Gasteiger partial charge on any atom is -0.396 e. The Morgan fingerprint density at radius 1 is 1.37 bits per heavy atom. The van der Waals surface area contributed by atoms with Gasteiger partial charge in [0.15, 0.2) is 0 Å². The zero-order valence-electron chi connectivity index (χ0n) is 22.7. The van der Waals surface area contributed by atoms with Crippen LogP contribution in [-0.4, -0.2) is 42.1 Å². The van der Waals surface area contributed by atoms with Crippen LogP contribution in [0, 0.1) is 23.1 Å². The van der Waals surface area contributed by atoms with E-state index in [1.165, 1.54) is 24.3 Å². The molecule has 0 aromatic heterocycles. The highest BCUT2D eigenvalue weighted by atomic mass is 35.5. The van der Waals surface area contributed by atoms with E-state index in [2.05, 4.69) is 44.9 Å². The van der Waals surface area contributed by atoms with E-state index in [0.717, 1.165) is 0 Å². The molecule has 1 aliphatic heterocycles. The van der Waals surface area contributed by atoms with Gasteiger partial charge in [-0.15, -0.1) is 11.6 Å². The van der Waals surface area contributed by atoms with Crippen molar-refractivity contribution in [2.45, 2.75) is 64.6 Å². The maximum absolute atomic E-state index is 15.6. The average Bonchev–Trinajstić information content (AvgIpc) is 3.13. The molecular formula is C29H41Cl2F2N3O2. The number of aliphatic hydroxyl groups excluding tert-OH is 1. The van der Waals surface area contributed by atoms with Crippen molar-refractivity contribution in [2.24, 2.45) is 23.0 Å². The molecule has 0 spiro atoms. The van der Waals surface area contributed by atoms with Gasteiger partial charge in [-0.05, 0) is 48.3 Å². The fraction of sp³-hybridized carbons (Fsp3) is 0.552. The lowest BCUT2D eigenvalue weighted by Crippen LogP contribution is -2.54. The van der Waals surface area contributed by atoms with E-state index < -0.39 is 47.0 Å². The molecule has 2 rings (SSSR count). The van der Waals surface area contributed by atoms with Gasteiger partial charge in [0.1, 0.15) is 11.6 Å². The van der Waals surface area contributed by atoms with E-state index >= 15 is 8.78 Å². The van der Waals surface area contributed by atoms with Gasteiger partial charge in [-0.3, -0.25) is 4.79 Å². The summed E-state index contributed by atoms with van der Waals surface area (Å²) in [6.07, 6.45) is 6.09. The fourth-order valence-electron chi connectivity index (χ4n) is 4.96. The molecule has 0 saturated carbocycles. The monoisotopic (exact) mass is 571 g/mol. The summed E-state index contributed by atoms with van der Waals surface area (Å²) in [6, 6.07) is 2.63. The number of allylic oxidation sites excluding steroid dienone is 4. The molecule has 38 heavy (non-hydrogen) atoms. The number of hydrogen-bond acceptors (Lipinski definition) is 4. The number of nitrogens with two attached hydrogens (primary N) is 1. The summed E-state index contributed by atoms with van der Waals surface area (Å²) in [5.74, 6) is -2.92. The van der Waals surface area contributed by atoms with Crippen molar-refractivity contribution in [1.82, 2.24) is 10.6 Å². The van der Waals surface area contributed by atoms with Crippen LogP contribution in [0.1, 0.15) is 52.5 Å². The molecule has 0 radical (unpaired) electrons. The maximum atomic E-state index is 15.6. The molecule has 1 amide bonds. The van der Waals surface area contributed by atoms with Gasteiger partial charge in [0, 0.05) is 35.7 Å². The van der Waals surface area contributed by atoms with E-state index in [1.807, 2.05) is 0 Å². The Morgan fingerprint density at radius 2 is 2.05 bits per heavy atom. The van der Waals surface area contributed by atoms with E-state index in [0.29, 0.717) is 25.8 Å². The summed E-state index contributed by atoms with van der Waals surface area (Å²) in [6.45, 7) is 12.3. The predicted octanol–water partition coefficient (Wildman–Crippen LogP) is 5.76. The summed E-state index contributed by atoms with van der Waals surface area (Å²) in [7, 11) is 0. The fourth-order valence-corrected chi connectivity index (χ4v) is 5.28. The Kier molecular flexibility index (Phi) is 12.0. The van der Waals surface area contributed by atoms with Crippen molar-refractivity contribution in [3.8, 4) is 0 Å². The topological polar surface area (TPSA) is 87.4 Å². The first kappa shape index (κ1) is 32.4. The highest BCUT2D eigenvalue weighted by Crippen LogP contribution is 2.49. The number of carbonyl (C=O) groups excluding carboxylic acids is 1. The standard InChI is InChI=1S/C29H41Cl2F2N3O2/c1-6-7-10-20(23(33)17-30)25-26(27(38)35-13-8-9-14-37)36-24(16-28(4,5)18(2)3)29(25,34)21-12-11-19(31)15-22(21)32/h6-7,10-12,15,18,24-26,36-37H,1,8-9,13-14,16-17,34H2,2-5H3,(H,35,38)/b10-7-,23-20-/t24-,25-,26+,29+/m0/s1. The second-order valence-electron chi connectivity index (χ2n) is 10.9. The smallest absolute Gasteiger partial charge is 0.237 e. The number of hydrogen-bond donors (Lipinski definition) is 4. The first-order valence-corrected chi connectivity index (χ1v) is 13.9. The molecule has 9 heteroatoms. The normalized spacial score (nSPS) is 24.7. The Hall–Kier alpha value is -1.77. The van der Waals surface area contributed by atoms with Gasteiger partial charge < -0.3 is 21.5 Å². The summed E-state index contributed by atoms with van der Waals surface area (Å²) >= 11 is 12.0. The van der Waals surface area contributed by atoms with Gasteiger partial charge in [0.2, 0.25) is 5.91 Å². The molecule has 5 N–H and O–H groups in total. The first-order chi connectivity index (χ1) is 17.8. The number of amides is 1. The molecule has 0 unspecified atom stereocenters. The van der Waals surface area contributed by atoms with Gasteiger partial charge in [0.05, 0.1) is 17.5 Å². The van der Waals surface area contributed by atoms with E-state index in [9.17, 15) is 4.79 Å². The van der Waals surface area contributed by atoms with Gasteiger partial charge >= 0.3 is 0 Å². The Balaban J connectivity index is 2.81. The van der Waals surface area contributed by atoms with E-state index in [1.54, 1.807) is 12.1 Å². The molecule has 212 valence electrons. The lowest BCUT2D eigenvalue weighted by atomic mass is 9.66. The third-order valence-electron chi connectivity index (χ3n) is 7.84. The van der Waals surface area contributed by atoms with Crippen LogP contribution in [-0.2, 0) is 10.3 Å². The van der Waals surface area contributed by atoms with Crippen molar-refractivity contribution < 1.29 is 18.7 Å². The van der Waals surface area contributed by atoms with Gasteiger partial charge in [0.25, 0.3) is 0 Å². The van der Waals surface area contributed by atoms with Crippen molar-refractivity contribution in [3.05, 3.63) is 70.8 Å². The minimum atomic E-state index is -1.54. The number of unbranched alkanes of at least 4 members (excludes halogenated alkanes) is 1. The second-order valence-corrected chi connectivity index (χ2v) is 11.6. The van der Waals surface area contributed by atoms with Crippen LogP contribution in [0.4, 0.5) is 8.78 Å². The zero-order chi connectivity index (χ0) is 28.7. The largest absolute Gasteiger partial charge is 0.396 e. The maximum Gasteiger partial charge on any atom is 0.237 e. The summed E-state index contributed by atoms with van der Waals surface area (Å²) < 4.78 is 31.1. The van der Waals surface area contributed by atoms with Gasteiger partial charge in [-0.2, -0.15) is 0 Å². The van der Waals surface area contributed by atoms with Gasteiger partial charge in [-0.25, -0.2) is 8.78 Å². The highest BCUT2D eigenvalue weighted by molar-refractivity contribution is 6.30. The molecule has 0 bridgehead atoms. The molecule has 1 saturated heterocycles. The minimum absolute atomic E-state index is 0.00839. The second kappa shape index (κ2) is 14.0. The molecule has 1 heterocycles. The highest BCUT2D eigenvalue weighted by Gasteiger charge is 2.58. The molecule has 5 nitrogen and oxygen atoms in total. The summed E-state index contributed by atoms with van der Waals surface area (Å²) in [4.78, 5) is 13.6. The van der Waals surface area contributed by atoms with Crippen LogP contribution in [0.25, 0.3) is 0 Å². The summed E-state index contributed by atoms with van der Waals surface area (Å²) in [5, 5.41) is 15.5. The predicted molar refractivity (Wildman–Crippen MR) is 152 cm³/mol. The number of nitrogens with one attached hydrogen (secondary N) is 2. The molecule has 1 fully saturated rings. The van der Waals surface area contributed by atoms with Crippen molar-refractivity contribution in [1.29, 1.82) is 0 Å². The lowest BCUT2D eigenvalue weighted by Gasteiger charge is -2.42. The number of benzene rings is 1. The van der Waals surface area contributed by atoms with E-state index in [-0.39, 0.29) is 34.1 Å². The number of alkyl halides is 1. The van der Waals surface area contributed by atoms with Crippen LogP contribution in [0.2, 0.25) is 5.02 Å². The third kappa shape index (κ3) is 7.24. The Labute approximate surface area is 235 Å². The van der Waals surface area contributed by atoms with Crippen LogP contribution < -0.4 is 16.4 Å². The van der Waals surface area contributed by atoms with Crippen LogP contribution in [0.5, 0.6) is 0 Å². The number of carbonyl (C=O) groups is 1. The molecule has 1 aromatic rings. The third-order valence-corrected chi connectivity index (χ3v) is 8.31. The molecule has 0 aliphatic carbocycles. The first-order valence-electron chi connectivity index (χ1n) is 13.0. The van der Waals surface area contributed by atoms with Crippen molar-refractivity contribution in [2.75, 3.05) is 19.0 Å². The van der Waals surface area contributed by atoms with E-state index in [4.69, 9.17) is 34.0 Å².